The molecule has 3 aromatic rings. The van der Waals surface area contributed by atoms with Crippen LogP contribution < -0.4 is 10.6 Å². The standard InChI is InChI=1S/C28H31F3N4O3/c1-16(36)32-11-12-33-19-13-23(17-7-9-18(10-8-17)28(29,30)31)35-24(14-19)26-21(15-25(35)27(37)38-2)20-5-3-4-6-22(20)34-26/h3-10,19,23-25,33-34H,11-15H2,1-2H3,(H,32,36)/t19-,23-,24+,25-/m0/s1. The second-order valence-corrected chi connectivity index (χ2v) is 10.0. The van der Waals surface area contributed by atoms with Crippen LogP contribution in [0.2, 0.25) is 0 Å². The highest BCUT2D eigenvalue weighted by Gasteiger charge is 2.48. The number of benzene rings is 2. The molecule has 38 heavy (non-hydrogen) atoms. The molecule has 0 saturated carbocycles. The minimum absolute atomic E-state index is 0.00737. The summed E-state index contributed by atoms with van der Waals surface area (Å²) in [7, 11) is 1.37. The lowest BCUT2D eigenvalue weighted by atomic mass is 9.79. The molecule has 2 aliphatic heterocycles. The topological polar surface area (TPSA) is 86.5 Å². The van der Waals surface area contributed by atoms with E-state index in [-0.39, 0.29) is 30.0 Å². The number of carbonyl (C=O) groups excluding carboxylic acids is 2. The molecule has 0 aliphatic carbocycles. The Labute approximate surface area is 218 Å². The van der Waals surface area contributed by atoms with Crippen molar-refractivity contribution in [2.45, 2.75) is 56.5 Å². The van der Waals surface area contributed by atoms with E-state index in [1.807, 2.05) is 24.3 Å². The molecular formula is C28H31F3N4O3. The van der Waals surface area contributed by atoms with Crippen molar-refractivity contribution in [3.8, 4) is 0 Å². The van der Waals surface area contributed by atoms with Gasteiger partial charge in [0.05, 0.1) is 18.7 Å². The number of aromatic nitrogens is 1. The molecule has 5 rings (SSSR count). The highest BCUT2D eigenvalue weighted by Crippen LogP contribution is 2.49. The highest BCUT2D eigenvalue weighted by atomic mass is 19.4. The molecule has 0 bridgehead atoms. The molecule has 2 aromatic carbocycles. The molecule has 0 unspecified atom stereocenters. The van der Waals surface area contributed by atoms with Crippen LogP contribution in [0.5, 0.6) is 0 Å². The van der Waals surface area contributed by atoms with Crippen LogP contribution in [0.3, 0.4) is 0 Å². The van der Waals surface area contributed by atoms with Crippen LogP contribution in [0.1, 0.15) is 54.2 Å². The van der Waals surface area contributed by atoms with E-state index in [0.717, 1.165) is 34.3 Å². The number of methoxy groups -OCH3 is 1. The molecule has 2 aliphatic rings. The molecule has 3 N–H and O–H groups in total. The maximum atomic E-state index is 13.3. The first-order chi connectivity index (χ1) is 18.2. The average Bonchev–Trinajstić information content (AvgIpc) is 3.28. The van der Waals surface area contributed by atoms with Gasteiger partial charge in [-0.2, -0.15) is 13.2 Å². The molecule has 202 valence electrons. The number of amides is 1. The molecular weight excluding hydrogens is 497 g/mol. The molecule has 1 fully saturated rings. The quantitative estimate of drug-likeness (QED) is 0.329. The Morgan fingerprint density at radius 2 is 1.76 bits per heavy atom. The number of nitrogens with one attached hydrogen (secondary N) is 3. The normalized spacial score (nSPS) is 23.5. The fourth-order valence-electron chi connectivity index (χ4n) is 6.05. The van der Waals surface area contributed by atoms with E-state index in [0.29, 0.717) is 37.9 Å². The van der Waals surface area contributed by atoms with Crippen molar-refractivity contribution in [3.63, 3.8) is 0 Å². The molecule has 3 heterocycles. The maximum absolute atomic E-state index is 13.3. The number of fused-ring (bicyclic) bond motifs is 5. The lowest BCUT2D eigenvalue weighted by molar-refractivity contribution is -0.152. The van der Waals surface area contributed by atoms with Gasteiger partial charge in [0, 0.05) is 55.1 Å². The maximum Gasteiger partial charge on any atom is 0.416 e. The fraction of sp³-hybridized carbons (Fsp3) is 0.429. The van der Waals surface area contributed by atoms with Gasteiger partial charge in [0.15, 0.2) is 0 Å². The summed E-state index contributed by atoms with van der Waals surface area (Å²) in [6, 6.07) is 12.1. The van der Waals surface area contributed by atoms with Gasteiger partial charge in [0.2, 0.25) is 5.91 Å². The number of hydrogen-bond donors (Lipinski definition) is 3. The molecule has 0 radical (unpaired) electrons. The monoisotopic (exact) mass is 528 g/mol. The number of esters is 1. The smallest absolute Gasteiger partial charge is 0.416 e. The van der Waals surface area contributed by atoms with Crippen molar-refractivity contribution in [1.82, 2.24) is 20.5 Å². The number of ether oxygens (including phenoxy) is 1. The molecule has 4 atom stereocenters. The summed E-state index contributed by atoms with van der Waals surface area (Å²) in [6.45, 7) is 2.48. The Bertz CT molecular complexity index is 1320. The minimum atomic E-state index is -4.43. The molecule has 10 heteroatoms. The van der Waals surface area contributed by atoms with E-state index in [9.17, 15) is 22.8 Å². The number of H-pyrrole nitrogens is 1. The van der Waals surface area contributed by atoms with Crippen LogP contribution >= 0.6 is 0 Å². The van der Waals surface area contributed by atoms with E-state index < -0.39 is 17.8 Å². The minimum Gasteiger partial charge on any atom is -0.468 e. The van der Waals surface area contributed by atoms with Crippen molar-refractivity contribution in [2.24, 2.45) is 0 Å². The first-order valence-corrected chi connectivity index (χ1v) is 12.8. The molecule has 1 amide bonds. The summed E-state index contributed by atoms with van der Waals surface area (Å²) in [6.07, 6.45) is -2.71. The van der Waals surface area contributed by atoms with Crippen LogP contribution in [-0.4, -0.2) is 54.0 Å². The van der Waals surface area contributed by atoms with Gasteiger partial charge in [-0.25, -0.2) is 0 Å². The lowest BCUT2D eigenvalue weighted by Gasteiger charge is -2.50. The van der Waals surface area contributed by atoms with Crippen LogP contribution in [0.4, 0.5) is 13.2 Å². The number of carbonyl (C=O) groups is 2. The van der Waals surface area contributed by atoms with Gasteiger partial charge < -0.3 is 20.4 Å². The Morgan fingerprint density at radius 3 is 2.45 bits per heavy atom. The Kier molecular flexibility index (Phi) is 7.19. The summed E-state index contributed by atoms with van der Waals surface area (Å²) in [4.78, 5) is 30.1. The van der Waals surface area contributed by atoms with Gasteiger partial charge >= 0.3 is 12.1 Å². The van der Waals surface area contributed by atoms with Crippen LogP contribution in [-0.2, 0) is 26.9 Å². The lowest BCUT2D eigenvalue weighted by Crippen LogP contribution is -2.56. The van der Waals surface area contributed by atoms with Gasteiger partial charge in [0.1, 0.15) is 6.04 Å². The van der Waals surface area contributed by atoms with E-state index in [2.05, 4.69) is 20.5 Å². The summed E-state index contributed by atoms with van der Waals surface area (Å²) >= 11 is 0. The number of halogens is 3. The predicted molar refractivity (Wildman–Crippen MR) is 136 cm³/mol. The van der Waals surface area contributed by atoms with Gasteiger partial charge in [-0.15, -0.1) is 0 Å². The van der Waals surface area contributed by atoms with Crippen LogP contribution in [0.15, 0.2) is 48.5 Å². The second kappa shape index (κ2) is 10.4. The zero-order chi connectivity index (χ0) is 27.0. The fourth-order valence-corrected chi connectivity index (χ4v) is 6.05. The summed E-state index contributed by atoms with van der Waals surface area (Å²) in [5.41, 5.74) is 3.08. The van der Waals surface area contributed by atoms with E-state index in [1.54, 1.807) is 0 Å². The van der Waals surface area contributed by atoms with E-state index in [1.165, 1.54) is 26.2 Å². The number of para-hydroxylation sites is 1. The van der Waals surface area contributed by atoms with Gasteiger partial charge in [-0.05, 0) is 42.2 Å². The SMILES string of the molecule is COC(=O)[C@@H]1Cc2c([nH]c3ccccc23)[C@H]2C[C@@H](NCCNC(C)=O)C[C@@H](c3ccc(C(F)(F)F)cc3)N21. The molecule has 1 aromatic heterocycles. The van der Waals surface area contributed by atoms with Crippen molar-refractivity contribution in [1.29, 1.82) is 0 Å². The van der Waals surface area contributed by atoms with Gasteiger partial charge in [-0.1, -0.05) is 30.3 Å². The summed E-state index contributed by atoms with van der Waals surface area (Å²) in [5, 5.41) is 7.36. The Balaban J connectivity index is 1.55. The van der Waals surface area contributed by atoms with Crippen molar-refractivity contribution >= 4 is 22.8 Å². The number of alkyl halides is 3. The number of aromatic amines is 1. The van der Waals surface area contributed by atoms with Crippen molar-refractivity contribution in [3.05, 3.63) is 70.9 Å². The Hall–Kier alpha value is -3.37. The second-order valence-electron chi connectivity index (χ2n) is 10.0. The zero-order valence-corrected chi connectivity index (χ0v) is 21.3. The number of rotatable bonds is 6. The number of nitrogens with zero attached hydrogens (tertiary/aromatic N) is 1. The first-order valence-electron chi connectivity index (χ1n) is 12.8. The number of hydrogen-bond acceptors (Lipinski definition) is 5. The first kappa shape index (κ1) is 26.2. The van der Waals surface area contributed by atoms with Crippen LogP contribution in [0, 0.1) is 0 Å². The summed E-state index contributed by atoms with van der Waals surface area (Å²) < 4.78 is 45.1. The highest BCUT2D eigenvalue weighted by molar-refractivity contribution is 5.87. The zero-order valence-electron chi connectivity index (χ0n) is 21.3. The van der Waals surface area contributed by atoms with Crippen molar-refractivity contribution in [2.75, 3.05) is 20.2 Å². The molecule has 7 nitrogen and oxygen atoms in total. The largest absolute Gasteiger partial charge is 0.468 e. The molecule has 0 spiro atoms. The predicted octanol–water partition coefficient (Wildman–Crippen LogP) is 4.26. The van der Waals surface area contributed by atoms with E-state index in [4.69, 9.17) is 4.74 Å². The third-order valence-corrected chi connectivity index (χ3v) is 7.70. The van der Waals surface area contributed by atoms with Gasteiger partial charge in [-0.3, -0.25) is 14.5 Å². The molecule has 1 saturated heterocycles. The van der Waals surface area contributed by atoms with Gasteiger partial charge in [0.25, 0.3) is 0 Å². The average molecular weight is 529 g/mol. The van der Waals surface area contributed by atoms with Crippen molar-refractivity contribution < 1.29 is 27.5 Å². The van der Waals surface area contributed by atoms with Crippen LogP contribution in [0.25, 0.3) is 10.9 Å². The summed E-state index contributed by atoms with van der Waals surface area (Å²) in [5.74, 6) is -0.472. The number of piperidine rings is 1. The third kappa shape index (κ3) is 5.02. The Morgan fingerprint density at radius 1 is 1.05 bits per heavy atom. The third-order valence-electron chi connectivity index (χ3n) is 7.70. The van der Waals surface area contributed by atoms with E-state index >= 15 is 0 Å².